The fourth-order valence-corrected chi connectivity index (χ4v) is 4.03. The van der Waals surface area contributed by atoms with E-state index in [4.69, 9.17) is 13.9 Å². The summed E-state index contributed by atoms with van der Waals surface area (Å²) in [5.41, 5.74) is 3.20. The summed E-state index contributed by atoms with van der Waals surface area (Å²) < 4.78 is 17.3. The SMILES string of the molecule is CCOc1cc2c(cc1CNC(=O)c1oc3c(c1C)C(=O)CCC3)O[C@@H](C)C2. The number of amides is 1. The van der Waals surface area contributed by atoms with Gasteiger partial charge in [0.15, 0.2) is 11.5 Å². The molecule has 1 N–H and O–H groups in total. The molecule has 0 radical (unpaired) electrons. The maximum Gasteiger partial charge on any atom is 0.287 e. The van der Waals surface area contributed by atoms with Gasteiger partial charge in [-0.1, -0.05) is 0 Å². The third-order valence-corrected chi connectivity index (χ3v) is 5.33. The Kier molecular flexibility index (Phi) is 4.87. The standard InChI is InChI=1S/C22H25NO5/c1-4-26-18-9-14-8-12(2)27-19(14)10-15(18)11-23-22(25)21-13(3)20-16(24)6-5-7-17(20)28-21/h9-10,12H,4-8,11H2,1-3H3,(H,23,25)/t12-/m0/s1. The maximum absolute atomic E-state index is 12.7. The lowest BCUT2D eigenvalue weighted by atomic mass is 9.94. The lowest BCUT2D eigenvalue weighted by Crippen LogP contribution is -2.23. The normalized spacial score (nSPS) is 17.7. The topological polar surface area (TPSA) is 77.8 Å². The number of carbonyl (C=O) groups is 2. The molecule has 148 valence electrons. The molecule has 2 heterocycles. The van der Waals surface area contributed by atoms with Crippen molar-refractivity contribution in [2.75, 3.05) is 6.61 Å². The lowest BCUT2D eigenvalue weighted by molar-refractivity contribution is 0.0916. The molecule has 0 saturated carbocycles. The zero-order valence-electron chi connectivity index (χ0n) is 16.5. The number of nitrogens with one attached hydrogen (secondary N) is 1. The average Bonchev–Trinajstić information content (AvgIpc) is 3.19. The van der Waals surface area contributed by atoms with Gasteiger partial charge in [0.25, 0.3) is 5.91 Å². The van der Waals surface area contributed by atoms with E-state index in [0.29, 0.717) is 36.3 Å². The molecular formula is C22H25NO5. The van der Waals surface area contributed by atoms with Crippen LogP contribution in [0.25, 0.3) is 0 Å². The summed E-state index contributed by atoms with van der Waals surface area (Å²) >= 11 is 0. The van der Waals surface area contributed by atoms with Crippen LogP contribution in [-0.4, -0.2) is 24.4 Å². The van der Waals surface area contributed by atoms with Gasteiger partial charge in [0.05, 0.1) is 12.2 Å². The van der Waals surface area contributed by atoms with Gasteiger partial charge in [0, 0.05) is 42.5 Å². The second-order valence-electron chi connectivity index (χ2n) is 7.45. The van der Waals surface area contributed by atoms with Crippen LogP contribution in [-0.2, 0) is 19.4 Å². The van der Waals surface area contributed by atoms with E-state index in [9.17, 15) is 9.59 Å². The number of Topliss-reactive ketones (excluding diaryl/α,β-unsaturated/α-hetero) is 1. The van der Waals surface area contributed by atoms with Crippen molar-refractivity contribution in [2.24, 2.45) is 0 Å². The molecule has 6 heteroatoms. The molecule has 0 spiro atoms. The van der Waals surface area contributed by atoms with Crippen LogP contribution >= 0.6 is 0 Å². The molecule has 1 aliphatic heterocycles. The molecule has 1 aromatic heterocycles. The van der Waals surface area contributed by atoms with E-state index >= 15 is 0 Å². The molecule has 0 bridgehead atoms. The van der Waals surface area contributed by atoms with Crippen LogP contribution in [0.3, 0.4) is 0 Å². The van der Waals surface area contributed by atoms with Crippen molar-refractivity contribution in [3.05, 3.63) is 45.9 Å². The highest BCUT2D eigenvalue weighted by atomic mass is 16.5. The highest BCUT2D eigenvalue weighted by molar-refractivity contribution is 6.03. The number of carbonyl (C=O) groups excluding carboxylic acids is 2. The van der Waals surface area contributed by atoms with Crippen molar-refractivity contribution < 1.29 is 23.5 Å². The third-order valence-electron chi connectivity index (χ3n) is 5.33. The van der Waals surface area contributed by atoms with Crippen molar-refractivity contribution in [1.82, 2.24) is 5.32 Å². The minimum absolute atomic E-state index is 0.0603. The molecular weight excluding hydrogens is 358 g/mol. The zero-order valence-corrected chi connectivity index (χ0v) is 16.5. The smallest absolute Gasteiger partial charge is 0.287 e. The molecule has 4 rings (SSSR count). The minimum Gasteiger partial charge on any atom is -0.494 e. The van der Waals surface area contributed by atoms with Gasteiger partial charge in [-0.25, -0.2) is 0 Å². The maximum atomic E-state index is 12.7. The second kappa shape index (κ2) is 7.34. The van der Waals surface area contributed by atoms with Gasteiger partial charge in [0.1, 0.15) is 23.4 Å². The quantitative estimate of drug-likeness (QED) is 0.851. The van der Waals surface area contributed by atoms with E-state index in [2.05, 4.69) is 5.32 Å². The number of fused-ring (bicyclic) bond motifs is 2. The second-order valence-corrected chi connectivity index (χ2v) is 7.45. The Hall–Kier alpha value is -2.76. The molecule has 6 nitrogen and oxygen atoms in total. The summed E-state index contributed by atoms with van der Waals surface area (Å²) in [6.45, 7) is 6.57. The fourth-order valence-electron chi connectivity index (χ4n) is 4.03. The Labute approximate surface area is 164 Å². The molecule has 1 atom stereocenters. The number of hydrogen-bond donors (Lipinski definition) is 1. The molecule has 1 aliphatic carbocycles. The van der Waals surface area contributed by atoms with Crippen LogP contribution in [0.1, 0.15) is 70.1 Å². The van der Waals surface area contributed by atoms with E-state index in [1.165, 1.54) is 0 Å². The van der Waals surface area contributed by atoms with Gasteiger partial charge in [0.2, 0.25) is 0 Å². The Morgan fingerprint density at radius 2 is 2.14 bits per heavy atom. The summed E-state index contributed by atoms with van der Waals surface area (Å²) in [6, 6.07) is 3.94. The first-order valence-corrected chi connectivity index (χ1v) is 9.86. The van der Waals surface area contributed by atoms with Crippen molar-refractivity contribution in [3.63, 3.8) is 0 Å². The van der Waals surface area contributed by atoms with Crippen LogP contribution < -0.4 is 14.8 Å². The molecule has 0 saturated heterocycles. The number of ketones is 1. The molecule has 0 fully saturated rings. The molecule has 2 aliphatic rings. The van der Waals surface area contributed by atoms with Crippen LogP contribution in [0.2, 0.25) is 0 Å². The van der Waals surface area contributed by atoms with Crippen molar-refractivity contribution in [1.29, 1.82) is 0 Å². The first-order valence-electron chi connectivity index (χ1n) is 9.86. The number of aryl methyl sites for hydroxylation is 1. The third kappa shape index (κ3) is 3.28. The van der Waals surface area contributed by atoms with Gasteiger partial charge in [-0.15, -0.1) is 0 Å². The minimum atomic E-state index is -0.322. The number of rotatable bonds is 5. The van der Waals surface area contributed by atoms with Crippen LogP contribution in [0.5, 0.6) is 11.5 Å². The van der Waals surface area contributed by atoms with Gasteiger partial charge in [-0.2, -0.15) is 0 Å². The predicted molar refractivity (Wildman–Crippen MR) is 103 cm³/mol. The lowest BCUT2D eigenvalue weighted by Gasteiger charge is -2.13. The molecule has 2 aromatic rings. The summed E-state index contributed by atoms with van der Waals surface area (Å²) in [5, 5.41) is 2.90. The molecule has 0 unspecified atom stereocenters. The number of hydrogen-bond acceptors (Lipinski definition) is 5. The molecule has 1 aromatic carbocycles. The van der Waals surface area contributed by atoms with Crippen molar-refractivity contribution >= 4 is 11.7 Å². The van der Waals surface area contributed by atoms with E-state index < -0.39 is 0 Å². The van der Waals surface area contributed by atoms with Gasteiger partial charge >= 0.3 is 0 Å². The highest BCUT2D eigenvalue weighted by Gasteiger charge is 2.29. The van der Waals surface area contributed by atoms with Crippen LogP contribution in [0.4, 0.5) is 0 Å². The Morgan fingerprint density at radius 1 is 1.32 bits per heavy atom. The van der Waals surface area contributed by atoms with Gasteiger partial charge < -0.3 is 19.2 Å². The Bertz CT molecular complexity index is 943. The first kappa shape index (κ1) is 18.6. The predicted octanol–water partition coefficient (Wildman–Crippen LogP) is 3.76. The van der Waals surface area contributed by atoms with Crippen LogP contribution in [0.15, 0.2) is 16.5 Å². The van der Waals surface area contributed by atoms with Gasteiger partial charge in [-0.3, -0.25) is 9.59 Å². The number of benzene rings is 1. The number of furan rings is 1. The van der Waals surface area contributed by atoms with Gasteiger partial charge in [-0.05, 0) is 39.3 Å². The summed E-state index contributed by atoms with van der Waals surface area (Å²) in [6.07, 6.45) is 2.98. The van der Waals surface area contributed by atoms with Crippen molar-refractivity contribution in [3.8, 4) is 11.5 Å². The molecule has 1 amide bonds. The van der Waals surface area contributed by atoms with Crippen molar-refractivity contribution in [2.45, 2.75) is 59.1 Å². The summed E-state index contributed by atoms with van der Waals surface area (Å²) in [7, 11) is 0. The largest absolute Gasteiger partial charge is 0.494 e. The Morgan fingerprint density at radius 3 is 2.89 bits per heavy atom. The first-order chi connectivity index (χ1) is 13.5. The van der Waals surface area contributed by atoms with E-state index in [0.717, 1.165) is 35.5 Å². The molecule has 28 heavy (non-hydrogen) atoms. The summed E-state index contributed by atoms with van der Waals surface area (Å²) in [5.74, 6) is 2.19. The zero-order chi connectivity index (χ0) is 19.8. The summed E-state index contributed by atoms with van der Waals surface area (Å²) in [4.78, 5) is 24.9. The van der Waals surface area contributed by atoms with E-state index in [1.54, 1.807) is 6.92 Å². The average molecular weight is 383 g/mol. The van der Waals surface area contributed by atoms with Crippen LogP contribution in [0, 0.1) is 6.92 Å². The van der Waals surface area contributed by atoms with E-state index in [1.807, 2.05) is 26.0 Å². The van der Waals surface area contributed by atoms with E-state index in [-0.39, 0.29) is 30.1 Å². The Balaban J connectivity index is 1.54. The highest BCUT2D eigenvalue weighted by Crippen LogP contribution is 2.35. The monoisotopic (exact) mass is 383 g/mol. The fraction of sp³-hybridized carbons (Fsp3) is 0.455. The number of ether oxygens (including phenoxy) is 2.